The van der Waals surface area contributed by atoms with Crippen LogP contribution in [0.3, 0.4) is 0 Å². The second-order valence-corrected chi connectivity index (χ2v) is 3.34. The van der Waals surface area contributed by atoms with E-state index in [1.54, 1.807) is 25.1 Å². The summed E-state index contributed by atoms with van der Waals surface area (Å²) in [5, 5.41) is 9.99. The highest BCUT2D eigenvalue weighted by molar-refractivity contribution is 5.83. The largest absolute Gasteiger partial charge is 0.506 e. The summed E-state index contributed by atoms with van der Waals surface area (Å²) in [6.45, 7) is 1.79. The van der Waals surface area contributed by atoms with Gasteiger partial charge in [0.2, 0.25) is 0 Å². The maximum Gasteiger partial charge on any atom is 0.284 e. The van der Waals surface area contributed by atoms with Crippen LogP contribution >= 0.6 is 0 Å². The lowest BCUT2D eigenvalue weighted by Crippen LogP contribution is -1.93. The number of fused-ring (bicyclic) bond motifs is 1. The van der Waals surface area contributed by atoms with E-state index in [2.05, 4.69) is 4.98 Å². The van der Waals surface area contributed by atoms with Gasteiger partial charge in [-0.2, -0.15) is 0 Å². The van der Waals surface area contributed by atoms with Crippen LogP contribution in [0.2, 0.25) is 0 Å². The smallest absolute Gasteiger partial charge is 0.284 e. The molecular formula is C11H9F2NO. The predicted molar refractivity (Wildman–Crippen MR) is 53.1 cm³/mol. The van der Waals surface area contributed by atoms with Crippen LogP contribution in [0.1, 0.15) is 17.7 Å². The lowest BCUT2D eigenvalue weighted by atomic mass is 10.1. The summed E-state index contributed by atoms with van der Waals surface area (Å²) in [7, 11) is 0. The zero-order valence-corrected chi connectivity index (χ0v) is 8.04. The van der Waals surface area contributed by atoms with Crippen LogP contribution in [0, 0.1) is 6.92 Å². The van der Waals surface area contributed by atoms with E-state index < -0.39 is 17.9 Å². The van der Waals surface area contributed by atoms with Crippen LogP contribution in [0.25, 0.3) is 10.9 Å². The van der Waals surface area contributed by atoms with Crippen molar-refractivity contribution in [3.8, 4) is 5.75 Å². The van der Waals surface area contributed by atoms with E-state index in [4.69, 9.17) is 0 Å². The van der Waals surface area contributed by atoms with E-state index >= 15 is 0 Å². The highest BCUT2D eigenvalue weighted by Gasteiger charge is 2.15. The molecule has 1 aromatic carbocycles. The molecule has 2 nitrogen and oxygen atoms in total. The Labute approximate surface area is 85.2 Å². The minimum absolute atomic E-state index is 0.455. The van der Waals surface area contributed by atoms with Gasteiger partial charge in [0.05, 0.1) is 5.52 Å². The zero-order chi connectivity index (χ0) is 11.0. The van der Waals surface area contributed by atoms with Crippen molar-refractivity contribution in [2.45, 2.75) is 13.3 Å². The molecule has 0 fully saturated rings. The average Bonchev–Trinajstić information content (AvgIpc) is 2.16. The first kappa shape index (κ1) is 9.83. The minimum Gasteiger partial charge on any atom is -0.506 e. The molecule has 0 unspecified atom stereocenters. The molecule has 78 valence electrons. The SMILES string of the molecule is Cc1cccc2cc(O)c(C(F)F)nc12. The summed E-state index contributed by atoms with van der Waals surface area (Å²) in [6.07, 6.45) is -2.76. The number of benzene rings is 1. The van der Waals surface area contributed by atoms with Gasteiger partial charge in [-0.05, 0) is 18.6 Å². The fourth-order valence-corrected chi connectivity index (χ4v) is 1.51. The molecule has 0 saturated carbocycles. The Morgan fingerprint density at radius 2 is 2.07 bits per heavy atom. The first-order valence-corrected chi connectivity index (χ1v) is 4.47. The molecule has 0 spiro atoms. The monoisotopic (exact) mass is 209 g/mol. The number of pyridine rings is 1. The maximum atomic E-state index is 12.5. The molecule has 4 heteroatoms. The summed E-state index contributed by atoms with van der Waals surface area (Å²) < 4.78 is 24.9. The number of rotatable bonds is 1. The topological polar surface area (TPSA) is 33.1 Å². The van der Waals surface area contributed by atoms with Gasteiger partial charge in [-0.25, -0.2) is 13.8 Å². The molecular weight excluding hydrogens is 200 g/mol. The molecule has 0 amide bonds. The van der Waals surface area contributed by atoms with Crippen molar-refractivity contribution < 1.29 is 13.9 Å². The van der Waals surface area contributed by atoms with E-state index in [-0.39, 0.29) is 0 Å². The Morgan fingerprint density at radius 1 is 1.33 bits per heavy atom. The summed E-state index contributed by atoms with van der Waals surface area (Å²) in [5.74, 6) is -0.455. The van der Waals surface area contributed by atoms with Crippen molar-refractivity contribution in [1.82, 2.24) is 4.98 Å². The molecule has 1 N–H and O–H groups in total. The molecule has 0 saturated heterocycles. The molecule has 0 aliphatic rings. The van der Waals surface area contributed by atoms with Crippen molar-refractivity contribution in [2.24, 2.45) is 0 Å². The van der Waals surface area contributed by atoms with Crippen LogP contribution in [0.4, 0.5) is 8.78 Å². The summed E-state index contributed by atoms with van der Waals surface area (Å²) in [6, 6.07) is 6.63. The number of aryl methyl sites for hydroxylation is 1. The van der Waals surface area contributed by atoms with Gasteiger partial charge in [0.15, 0.2) is 0 Å². The Hall–Kier alpha value is -1.71. The van der Waals surface area contributed by atoms with Gasteiger partial charge in [0.1, 0.15) is 11.4 Å². The van der Waals surface area contributed by atoms with E-state index in [9.17, 15) is 13.9 Å². The van der Waals surface area contributed by atoms with Crippen LogP contribution < -0.4 is 0 Å². The fraction of sp³-hybridized carbons (Fsp3) is 0.182. The highest BCUT2D eigenvalue weighted by atomic mass is 19.3. The lowest BCUT2D eigenvalue weighted by Gasteiger charge is -2.06. The Morgan fingerprint density at radius 3 is 2.73 bits per heavy atom. The predicted octanol–water partition coefficient (Wildman–Crippen LogP) is 3.19. The molecule has 0 aliphatic carbocycles. The summed E-state index contributed by atoms with van der Waals surface area (Å²) >= 11 is 0. The third kappa shape index (κ3) is 1.63. The van der Waals surface area contributed by atoms with Crippen molar-refractivity contribution in [1.29, 1.82) is 0 Å². The molecule has 2 rings (SSSR count). The van der Waals surface area contributed by atoms with Crippen LogP contribution in [0.5, 0.6) is 5.75 Å². The van der Waals surface area contributed by atoms with Crippen molar-refractivity contribution in [2.75, 3.05) is 0 Å². The van der Waals surface area contributed by atoms with Gasteiger partial charge in [0.25, 0.3) is 6.43 Å². The number of hydrogen-bond acceptors (Lipinski definition) is 2. The number of alkyl halides is 2. The molecule has 0 atom stereocenters. The Balaban J connectivity index is 2.78. The van der Waals surface area contributed by atoms with E-state index in [1.165, 1.54) is 6.07 Å². The van der Waals surface area contributed by atoms with Crippen molar-refractivity contribution in [3.05, 3.63) is 35.5 Å². The molecule has 15 heavy (non-hydrogen) atoms. The number of aromatic hydroxyl groups is 1. The molecule has 0 bridgehead atoms. The zero-order valence-electron chi connectivity index (χ0n) is 8.04. The third-order valence-electron chi connectivity index (χ3n) is 2.26. The van der Waals surface area contributed by atoms with Gasteiger partial charge in [-0.15, -0.1) is 0 Å². The summed E-state index contributed by atoms with van der Waals surface area (Å²) in [4.78, 5) is 3.77. The standard InChI is InChI=1S/C11H9F2NO/c1-6-3-2-4-7-5-8(15)10(11(12)13)14-9(6)7/h2-5,11,15H,1H3. The molecule has 0 aliphatic heterocycles. The quantitative estimate of drug-likeness (QED) is 0.782. The van der Waals surface area contributed by atoms with Crippen LogP contribution in [-0.4, -0.2) is 10.1 Å². The van der Waals surface area contributed by atoms with Gasteiger partial charge < -0.3 is 5.11 Å². The summed E-state index contributed by atoms with van der Waals surface area (Å²) in [5.41, 5.74) is 0.761. The first-order valence-electron chi connectivity index (χ1n) is 4.47. The van der Waals surface area contributed by atoms with Crippen LogP contribution in [0.15, 0.2) is 24.3 Å². The fourth-order valence-electron chi connectivity index (χ4n) is 1.51. The number of aromatic nitrogens is 1. The number of para-hydroxylation sites is 1. The molecule has 0 radical (unpaired) electrons. The van der Waals surface area contributed by atoms with E-state index in [0.717, 1.165) is 5.56 Å². The second kappa shape index (κ2) is 3.46. The first-order chi connectivity index (χ1) is 7.09. The maximum absolute atomic E-state index is 12.5. The number of hydrogen-bond donors (Lipinski definition) is 1. The van der Waals surface area contributed by atoms with Gasteiger partial charge in [0, 0.05) is 5.39 Å². The normalized spacial score (nSPS) is 11.2. The Kier molecular flexibility index (Phi) is 2.26. The van der Waals surface area contributed by atoms with Gasteiger partial charge in [-0.1, -0.05) is 18.2 Å². The number of halogens is 2. The van der Waals surface area contributed by atoms with Crippen LogP contribution in [-0.2, 0) is 0 Å². The van der Waals surface area contributed by atoms with Crippen molar-refractivity contribution in [3.63, 3.8) is 0 Å². The molecule has 1 aromatic heterocycles. The van der Waals surface area contributed by atoms with Crippen molar-refractivity contribution >= 4 is 10.9 Å². The van der Waals surface area contributed by atoms with E-state index in [0.29, 0.717) is 10.9 Å². The Bertz CT molecular complexity index is 511. The molecule has 1 heterocycles. The average molecular weight is 209 g/mol. The highest BCUT2D eigenvalue weighted by Crippen LogP contribution is 2.30. The van der Waals surface area contributed by atoms with Gasteiger partial charge in [-0.3, -0.25) is 0 Å². The minimum atomic E-state index is -2.76. The van der Waals surface area contributed by atoms with Gasteiger partial charge >= 0.3 is 0 Å². The second-order valence-electron chi connectivity index (χ2n) is 3.34. The third-order valence-corrected chi connectivity index (χ3v) is 2.26. The van der Waals surface area contributed by atoms with E-state index in [1.807, 2.05) is 0 Å². The number of nitrogens with zero attached hydrogens (tertiary/aromatic N) is 1. The lowest BCUT2D eigenvalue weighted by molar-refractivity contribution is 0.142. The molecule has 2 aromatic rings.